The van der Waals surface area contributed by atoms with Crippen LogP contribution >= 0.6 is 0 Å². The number of aliphatic hydroxyl groups is 1. The van der Waals surface area contributed by atoms with Crippen molar-refractivity contribution in [2.24, 2.45) is 0 Å². The molecule has 1 aromatic heterocycles. The van der Waals surface area contributed by atoms with Gasteiger partial charge in [0.05, 0.1) is 28.0 Å². The Balaban J connectivity index is 2.27. The Morgan fingerprint density at radius 2 is 2.04 bits per heavy atom. The van der Waals surface area contributed by atoms with E-state index in [4.69, 9.17) is 11.5 Å². The number of carbonyl (C=O) groups excluding carboxylic acids is 1. The van der Waals surface area contributed by atoms with Gasteiger partial charge >= 0.3 is 0 Å². The van der Waals surface area contributed by atoms with Crippen molar-refractivity contribution in [3.8, 4) is 0 Å². The molecule has 8 nitrogen and oxygen atoms in total. The maximum Gasteiger partial charge on any atom is 0.223 e. The smallest absolute Gasteiger partial charge is 0.223 e. The van der Waals surface area contributed by atoms with Crippen molar-refractivity contribution >= 4 is 34.3 Å². The number of nitrogens with zero attached hydrogens (tertiary/aromatic N) is 3. The van der Waals surface area contributed by atoms with E-state index in [0.717, 1.165) is 5.52 Å². The van der Waals surface area contributed by atoms with E-state index in [1.807, 2.05) is 0 Å². The third kappa shape index (κ3) is 4.08. The van der Waals surface area contributed by atoms with Crippen LogP contribution in [0.5, 0.6) is 0 Å². The predicted octanol–water partition coefficient (Wildman–Crippen LogP) is 0.862. The lowest BCUT2D eigenvalue weighted by Gasteiger charge is -2.19. The number of benzene rings is 1. The van der Waals surface area contributed by atoms with Crippen molar-refractivity contribution in [2.75, 3.05) is 37.4 Å². The second-order valence-electron chi connectivity index (χ2n) is 6.75. The van der Waals surface area contributed by atoms with E-state index < -0.39 is 5.60 Å². The number of hydrogen-bond donors (Lipinski definition) is 4. The third-order valence-corrected chi connectivity index (χ3v) is 3.71. The number of aryl methyl sites for hydroxylation is 1. The van der Waals surface area contributed by atoms with E-state index in [-0.39, 0.29) is 5.91 Å². The molecule has 0 spiro atoms. The van der Waals surface area contributed by atoms with Gasteiger partial charge in [-0.25, -0.2) is 4.98 Å². The number of carbonyl (C=O) groups is 1. The van der Waals surface area contributed by atoms with Crippen LogP contribution in [0.4, 0.5) is 17.3 Å². The van der Waals surface area contributed by atoms with E-state index in [1.165, 1.54) is 0 Å². The number of aromatic nitrogens is 2. The van der Waals surface area contributed by atoms with Crippen LogP contribution in [0.3, 0.4) is 0 Å². The lowest BCUT2D eigenvalue weighted by atomic mass is 10.1. The fourth-order valence-electron chi connectivity index (χ4n) is 2.34. The van der Waals surface area contributed by atoms with Crippen molar-refractivity contribution in [3.63, 3.8) is 0 Å². The molecule has 0 aliphatic carbocycles. The minimum atomic E-state index is -0.855. The van der Waals surface area contributed by atoms with E-state index in [0.29, 0.717) is 42.4 Å². The van der Waals surface area contributed by atoms with Gasteiger partial charge in [0.15, 0.2) is 0 Å². The van der Waals surface area contributed by atoms with Crippen molar-refractivity contribution in [1.82, 2.24) is 14.5 Å². The number of imidazole rings is 1. The summed E-state index contributed by atoms with van der Waals surface area (Å²) in [6.07, 6.45) is 0.335. The SMILES string of the molecule is CN(C)C(=O)CCn1c(N)nc2cc(NCC(C)(C)O)c(N)cc21. The molecule has 1 amide bonds. The first-order valence-corrected chi connectivity index (χ1v) is 7.80. The highest BCUT2D eigenvalue weighted by Crippen LogP contribution is 2.28. The lowest BCUT2D eigenvalue weighted by Crippen LogP contribution is -2.29. The van der Waals surface area contributed by atoms with Crippen molar-refractivity contribution < 1.29 is 9.90 Å². The third-order valence-electron chi connectivity index (χ3n) is 3.71. The summed E-state index contributed by atoms with van der Waals surface area (Å²) in [6, 6.07) is 3.59. The topological polar surface area (TPSA) is 122 Å². The van der Waals surface area contributed by atoms with E-state index >= 15 is 0 Å². The summed E-state index contributed by atoms with van der Waals surface area (Å²) in [5, 5.41) is 12.9. The molecule has 0 saturated carbocycles. The van der Waals surface area contributed by atoms with Crippen molar-refractivity contribution in [1.29, 1.82) is 0 Å². The molecule has 0 atom stereocenters. The number of fused-ring (bicyclic) bond motifs is 1. The van der Waals surface area contributed by atoms with Crippen LogP contribution in [-0.4, -0.2) is 51.7 Å². The molecule has 0 bridgehead atoms. The largest absolute Gasteiger partial charge is 0.397 e. The van der Waals surface area contributed by atoms with Gasteiger partial charge in [0.2, 0.25) is 11.9 Å². The molecule has 0 unspecified atom stereocenters. The molecule has 132 valence electrons. The first-order chi connectivity index (χ1) is 11.1. The van der Waals surface area contributed by atoms with Gasteiger partial charge in [-0.3, -0.25) is 4.79 Å². The maximum atomic E-state index is 11.8. The van der Waals surface area contributed by atoms with Crippen LogP contribution in [0, 0.1) is 0 Å². The van der Waals surface area contributed by atoms with Gasteiger partial charge in [-0.05, 0) is 26.0 Å². The van der Waals surface area contributed by atoms with Gasteiger partial charge in [-0.1, -0.05) is 0 Å². The van der Waals surface area contributed by atoms with Gasteiger partial charge in [0, 0.05) is 33.6 Å². The second-order valence-corrected chi connectivity index (χ2v) is 6.75. The van der Waals surface area contributed by atoms with Crippen LogP contribution in [-0.2, 0) is 11.3 Å². The molecule has 0 radical (unpaired) electrons. The summed E-state index contributed by atoms with van der Waals surface area (Å²) in [7, 11) is 3.44. The van der Waals surface area contributed by atoms with E-state index in [2.05, 4.69) is 10.3 Å². The first-order valence-electron chi connectivity index (χ1n) is 7.80. The molecule has 1 heterocycles. The van der Waals surface area contributed by atoms with Crippen LogP contribution in [0.25, 0.3) is 11.0 Å². The molecule has 0 saturated heterocycles. The number of nitrogen functional groups attached to an aromatic ring is 2. The normalized spacial score (nSPS) is 11.7. The Labute approximate surface area is 141 Å². The molecule has 0 fully saturated rings. The Hall–Kier alpha value is -2.48. The van der Waals surface area contributed by atoms with Crippen molar-refractivity contribution in [3.05, 3.63) is 12.1 Å². The maximum absolute atomic E-state index is 11.8. The summed E-state index contributed by atoms with van der Waals surface area (Å²) >= 11 is 0. The Morgan fingerprint density at radius 3 is 2.62 bits per heavy atom. The number of rotatable bonds is 6. The minimum absolute atomic E-state index is 0.0210. The molecule has 6 N–H and O–H groups in total. The van der Waals surface area contributed by atoms with Gasteiger partial charge in [-0.15, -0.1) is 0 Å². The van der Waals surface area contributed by atoms with Crippen LogP contribution in [0.1, 0.15) is 20.3 Å². The van der Waals surface area contributed by atoms with E-state index in [1.54, 1.807) is 49.5 Å². The van der Waals surface area contributed by atoms with Gasteiger partial charge in [0.25, 0.3) is 0 Å². The minimum Gasteiger partial charge on any atom is -0.397 e. The van der Waals surface area contributed by atoms with Gasteiger partial charge in [0.1, 0.15) is 0 Å². The molecular formula is C16H26N6O2. The molecule has 2 rings (SSSR count). The summed E-state index contributed by atoms with van der Waals surface area (Å²) in [5.74, 6) is 0.364. The number of amides is 1. The van der Waals surface area contributed by atoms with Crippen LogP contribution < -0.4 is 16.8 Å². The highest BCUT2D eigenvalue weighted by Gasteiger charge is 2.16. The molecule has 1 aromatic carbocycles. The number of nitrogens with two attached hydrogens (primary N) is 2. The number of nitrogens with one attached hydrogen (secondary N) is 1. The summed E-state index contributed by atoms with van der Waals surface area (Å²) in [4.78, 5) is 17.7. The summed E-state index contributed by atoms with van der Waals surface area (Å²) in [5.41, 5.74) is 13.9. The standard InChI is InChI=1S/C16H26N6O2/c1-16(2,24)9-19-11-8-12-13(7-10(11)17)22(15(18)20-12)6-5-14(23)21(3)4/h7-8,19,24H,5-6,9,17H2,1-4H3,(H2,18,20). The van der Waals surface area contributed by atoms with Crippen molar-refractivity contribution in [2.45, 2.75) is 32.4 Å². The zero-order valence-corrected chi connectivity index (χ0v) is 14.6. The highest BCUT2D eigenvalue weighted by atomic mass is 16.3. The fourth-order valence-corrected chi connectivity index (χ4v) is 2.34. The molecular weight excluding hydrogens is 308 g/mol. The molecule has 0 aliphatic rings. The Kier molecular flexibility index (Phi) is 4.88. The highest BCUT2D eigenvalue weighted by molar-refractivity contribution is 5.88. The average Bonchev–Trinajstić information content (AvgIpc) is 2.76. The fraction of sp³-hybridized carbons (Fsp3) is 0.500. The average molecular weight is 334 g/mol. The molecule has 24 heavy (non-hydrogen) atoms. The van der Waals surface area contributed by atoms with Gasteiger partial charge in [-0.2, -0.15) is 0 Å². The van der Waals surface area contributed by atoms with E-state index in [9.17, 15) is 9.90 Å². The quantitative estimate of drug-likeness (QED) is 0.581. The summed E-state index contributed by atoms with van der Waals surface area (Å²) in [6.45, 7) is 4.22. The molecule has 2 aromatic rings. The van der Waals surface area contributed by atoms with Crippen LogP contribution in [0.2, 0.25) is 0 Å². The predicted molar refractivity (Wildman–Crippen MR) is 96.7 cm³/mol. The zero-order valence-electron chi connectivity index (χ0n) is 14.6. The Bertz CT molecular complexity index is 745. The number of anilines is 3. The molecule has 0 aliphatic heterocycles. The summed E-state index contributed by atoms with van der Waals surface area (Å²) < 4.78 is 1.78. The first kappa shape index (κ1) is 17.9. The monoisotopic (exact) mass is 334 g/mol. The zero-order chi connectivity index (χ0) is 18.1. The van der Waals surface area contributed by atoms with Crippen LogP contribution in [0.15, 0.2) is 12.1 Å². The van der Waals surface area contributed by atoms with Gasteiger partial charge < -0.3 is 31.4 Å². The molecule has 8 heteroatoms. The lowest BCUT2D eigenvalue weighted by molar-refractivity contribution is -0.128. The number of hydrogen-bond acceptors (Lipinski definition) is 6. The second kappa shape index (κ2) is 6.56. The Morgan fingerprint density at radius 1 is 1.38 bits per heavy atom.